The highest BCUT2D eigenvalue weighted by Gasteiger charge is 2.34. The van der Waals surface area contributed by atoms with Gasteiger partial charge in [-0.05, 0) is 18.3 Å². The van der Waals surface area contributed by atoms with Crippen LogP contribution in [0.2, 0.25) is 0 Å². The molecule has 0 unspecified atom stereocenters. The molecule has 0 radical (unpaired) electrons. The molecule has 3 rings (SSSR count). The first-order chi connectivity index (χ1) is 7.57. The number of ketones is 1. The SMILES string of the molecule is CC1(C)CCc2oc3c(c2C1)C(=O)CNC3. The van der Waals surface area contributed by atoms with Crippen molar-refractivity contribution in [2.24, 2.45) is 5.41 Å². The number of carbonyl (C=O) groups excluding carboxylic acids is 1. The molecule has 1 aromatic rings. The number of nitrogens with one attached hydrogen (secondary N) is 1. The molecule has 0 saturated carbocycles. The Labute approximate surface area is 95.2 Å². The third kappa shape index (κ3) is 1.42. The van der Waals surface area contributed by atoms with Gasteiger partial charge in [0.25, 0.3) is 0 Å². The number of Topliss-reactive ketones (excluding diaryl/α,β-unsaturated/α-hetero) is 1. The molecule has 3 heteroatoms. The maximum Gasteiger partial charge on any atom is 0.180 e. The summed E-state index contributed by atoms with van der Waals surface area (Å²) < 4.78 is 5.81. The molecular weight excluding hydrogens is 202 g/mol. The Kier molecular flexibility index (Phi) is 2.02. The Hall–Kier alpha value is -1.09. The van der Waals surface area contributed by atoms with E-state index in [1.807, 2.05) is 0 Å². The van der Waals surface area contributed by atoms with Crippen molar-refractivity contribution in [3.05, 3.63) is 22.6 Å². The zero-order valence-electron chi connectivity index (χ0n) is 9.85. The number of rotatable bonds is 0. The summed E-state index contributed by atoms with van der Waals surface area (Å²) in [5.74, 6) is 2.12. The number of carbonyl (C=O) groups is 1. The van der Waals surface area contributed by atoms with E-state index < -0.39 is 0 Å². The van der Waals surface area contributed by atoms with Crippen LogP contribution in [0.25, 0.3) is 0 Å². The van der Waals surface area contributed by atoms with Crippen molar-refractivity contribution in [2.45, 2.75) is 39.7 Å². The Morgan fingerprint density at radius 1 is 1.25 bits per heavy atom. The number of fused-ring (bicyclic) bond motifs is 3. The first-order valence-electron chi connectivity index (χ1n) is 5.94. The Bertz CT molecular complexity index is 457. The van der Waals surface area contributed by atoms with Gasteiger partial charge in [0.1, 0.15) is 11.5 Å². The predicted octanol–water partition coefficient (Wildman–Crippen LogP) is 2.08. The van der Waals surface area contributed by atoms with E-state index in [0.29, 0.717) is 18.5 Å². The molecular formula is C13H17NO2. The minimum atomic E-state index is 0.198. The van der Waals surface area contributed by atoms with Gasteiger partial charge in [-0.1, -0.05) is 13.8 Å². The summed E-state index contributed by atoms with van der Waals surface area (Å²) in [6, 6.07) is 0. The predicted molar refractivity (Wildman–Crippen MR) is 60.6 cm³/mol. The molecule has 0 amide bonds. The van der Waals surface area contributed by atoms with Crippen LogP contribution in [0, 0.1) is 5.41 Å². The fourth-order valence-corrected chi connectivity index (χ4v) is 2.80. The van der Waals surface area contributed by atoms with Crippen LogP contribution < -0.4 is 5.32 Å². The van der Waals surface area contributed by atoms with Crippen LogP contribution in [0.15, 0.2) is 4.42 Å². The quantitative estimate of drug-likeness (QED) is 0.726. The fourth-order valence-electron chi connectivity index (χ4n) is 2.80. The lowest BCUT2D eigenvalue weighted by Gasteiger charge is -2.29. The van der Waals surface area contributed by atoms with Gasteiger partial charge in [0, 0.05) is 12.0 Å². The fraction of sp³-hybridized carbons (Fsp3) is 0.615. The molecule has 0 bridgehead atoms. The summed E-state index contributed by atoms with van der Waals surface area (Å²) in [7, 11) is 0. The van der Waals surface area contributed by atoms with Gasteiger partial charge in [-0.3, -0.25) is 4.79 Å². The lowest BCUT2D eigenvalue weighted by molar-refractivity contribution is 0.0978. The number of furan rings is 1. The van der Waals surface area contributed by atoms with Crippen LogP contribution in [0.1, 0.15) is 47.7 Å². The molecule has 1 aliphatic carbocycles. The standard InChI is InChI=1S/C13H17NO2/c1-13(2)4-3-10-8(5-13)12-9(15)6-14-7-11(12)16-10/h14H,3-7H2,1-2H3. The Morgan fingerprint density at radius 3 is 2.88 bits per heavy atom. The van der Waals surface area contributed by atoms with E-state index >= 15 is 0 Å². The van der Waals surface area contributed by atoms with E-state index in [1.54, 1.807) is 0 Å². The molecule has 16 heavy (non-hydrogen) atoms. The Morgan fingerprint density at radius 2 is 2.06 bits per heavy atom. The third-order valence-corrected chi connectivity index (χ3v) is 3.70. The summed E-state index contributed by atoms with van der Waals surface area (Å²) in [5.41, 5.74) is 2.38. The first kappa shape index (κ1) is 10.1. The van der Waals surface area contributed by atoms with E-state index in [4.69, 9.17) is 4.42 Å². The first-order valence-corrected chi connectivity index (χ1v) is 5.94. The lowest BCUT2D eigenvalue weighted by atomic mass is 9.75. The van der Waals surface area contributed by atoms with Gasteiger partial charge in [0.15, 0.2) is 5.78 Å². The van der Waals surface area contributed by atoms with Gasteiger partial charge in [-0.15, -0.1) is 0 Å². The van der Waals surface area contributed by atoms with E-state index in [2.05, 4.69) is 19.2 Å². The zero-order valence-corrected chi connectivity index (χ0v) is 9.85. The molecule has 0 saturated heterocycles. The molecule has 86 valence electrons. The monoisotopic (exact) mass is 219 g/mol. The molecule has 0 spiro atoms. The van der Waals surface area contributed by atoms with Crippen molar-refractivity contribution in [3.63, 3.8) is 0 Å². The second-order valence-corrected chi connectivity index (χ2v) is 5.67. The van der Waals surface area contributed by atoms with E-state index in [-0.39, 0.29) is 5.78 Å². The molecule has 0 fully saturated rings. The van der Waals surface area contributed by atoms with Crippen LogP contribution >= 0.6 is 0 Å². The minimum Gasteiger partial charge on any atom is -0.464 e. The maximum absolute atomic E-state index is 11.9. The zero-order chi connectivity index (χ0) is 11.3. The molecule has 2 aliphatic rings. The topological polar surface area (TPSA) is 42.2 Å². The maximum atomic E-state index is 11.9. The summed E-state index contributed by atoms with van der Waals surface area (Å²) >= 11 is 0. The molecule has 0 aromatic carbocycles. The van der Waals surface area contributed by atoms with Gasteiger partial charge in [0.2, 0.25) is 0 Å². The molecule has 1 N–H and O–H groups in total. The molecule has 2 heterocycles. The number of hydrogen-bond acceptors (Lipinski definition) is 3. The average molecular weight is 219 g/mol. The molecule has 0 atom stereocenters. The molecule has 1 aliphatic heterocycles. The summed E-state index contributed by atoms with van der Waals surface area (Å²) in [6.07, 6.45) is 3.10. The van der Waals surface area contributed by atoms with E-state index in [1.165, 1.54) is 5.56 Å². The van der Waals surface area contributed by atoms with Crippen molar-refractivity contribution < 1.29 is 9.21 Å². The second-order valence-electron chi connectivity index (χ2n) is 5.67. The minimum absolute atomic E-state index is 0.198. The van der Waals surface area contributed by atoms with Crippen LogP contribution in [0.4, 0.5) is 0 Å². The smallest absolute Gasteiger partial charge is 0.180 e. The van der Waals surface area contributed by atoms with Gasteiger partial charge in [-0.2, -0.15) is 0 Å². The van der Waals surface area contributed by atoms with Gasteiger partial charge >= 0.3 is 0 Å². The van der Waals surface area contributed by atoms with Crippen LogP contribution in [0.5, 0.6) is 0 Å². The number of aryl methyl sites for hydroxylation is 1. The summed E-state index contributed by atoms with van der Waals surface area (Å²) in [4.78, 5) is 11.9. The Balaban J connectivity index is 2.11. The van der Waals surface area contributed by atoms with Crippen LogP contribution in [-0.2, 0) is 19.4 Å². The average Bonchev–Trinajstić information content (AvgIpc) is 2.55. The number of hydrogen-bond donors (Lipinski definition) is 1. The van der Waals surface area contributed by atoms with Gasteiger partial charge in [0.05, 0.1) is 18.7 Å². The van der Waals surface area contributed by atoms with Crippen molar-refractivity contribution in [3.8, 4) is 0 Å². The summed E-state index contributed by atoms with van der Waals surface area (Å²) in [5, 5.41) is 3.08. The normalized spacial score (nSPS) is 22.8. The van der Waals surface area contributed by atoms with Gasteiger partial charge in [-0.25, -0.2) is 0 Å². The molecule has 3 nitrogen and oxygen atoms in total. The lowest BCUT2D eigenvalue weighted by Crippen LogP contribution is -2.30. The van der Waals surface area contributed by atoms with Crippen molar-refractivity contribution in [1.82, 2.24) is 5.32 Å². The largest absolute Gasteiger partial charge is 0.464 e. The van der Waals surface area contributed by atoms with Crippen LogP contribution in [0.3, 0.4) is 0 Å². The highest BCUT2D eigenvalue weighted by Crippen LogP contribution is 2.39. The van der Waals surface area contributed by atoms with E-state index in [9.17, 15) is 4.79 Å². The third-order valence-electron chi connectivity index (χ3n) is 3.70. The summed E-state index contributed by atoms with van der Waals surface area (Å²) in [6.45, 7) is 5.69. The highest BCUT2D eigenvalue weighted by atomic mass is 16.3. The van der Waals surface area contributed by atoms with Crippen LogP contribution in [-0.4, -0.2) is 12.3 Å². The van der Waals surface area contributed by atoms with Crippen molar-refractivity contribution in [1.29, 1.82) is 0 Å². The van der Waals surface area contributed by atoms with Gasteiger partial charge < -0.3 is 9.73 Å². The second kappa shape index (κ2) is 3.20. The molecule has 1 aromatic heterocycles. The highest BCUT2D eigenvalue weighted by molar-refractivity contribution is 6.01. The van der Waals surface area contributed by atoms with Crippen molar-refractivity contribution in [2.75, 3.05) is 6.54 Å². The van der Waals surface area contributed by atoms with Crippen molar-refractivity contribution >= 4 is 5.78 Å². The van der Waals surface area contributed by atoms with E-state index in [0.717, 1.165) is 36.3 Å².